The Kier molecular flexibility index (Phi) is 5.57. The SMILES string of the molecule is Cc1sc(NC(=O)C2CNCCO2)nc1-c1ccc(OC(F)F)cc1. The number of nitrogens with zero attached hydrogens (tertiary/aromatic N) is 1. The van der Waals surface area contributed by atoms with Gasteiger partial charge in [-0.25, -0.2) is 4.98 Å². The van der Waals surface area contributed by atoms with Crippen molar-refractivity contribution in [1.29, 1.82) is 0 Å². The van der Waals surface area contributed by atoms with E-state index >= 15 is 0 Å². The normalized spacial score (nSPS) is 17.5. The number of thiazole rings is 1. The fourth-order valence-electron chi connectivity index (χ4n) is 2.43. The van der Waals surface area contributed by atoms with Crippen LogP contribution in [0.5, 0.6) is 5.75 Å². The van der Waals surface area contributed by atoms with Crippen molar-refractivity contribution in [2.45, 2.75) is 19.6 Å². The van der Waals surface area contributed by atoms with Gasteiger partial charge in [0.25, 0.3) is 5.91 Å². The molecule has 0 radical (unpaired) electrons. The van der Waals surface area contributed by atoms with Gasteiger partial charge in [0.2, 0.25) is 0 Å². The van der Waals surface area contributed by atoms with Crippen LogP contribution in [-0.2, 0) is 9.53 Å². The van der Waals surface area contributed by atoms with E-state index in [4.69, 9.17) is 4.74 Å². The molecule has 134 valence electrons. The van der Waals surface area contributed by atoms with Crippen LogP contribution in [0, 0.1) is 6.92 Å². The van der Waals surface area contributed by atoms with Crippen molar-refractivity contribution in [2.24, 2.45) is 0 Å². The van der Waals surface area contributed by atoms with Gasteiger partial charge in [-0.15, -0.1) is 11.3 Å². The van der Waals surface area contributed by atoms with Crippen LogP contribution in [0.4, 0.5) is 13.9 Å². The number of ether oxygens (including phenoxy) is 2. The van der Waals surface area contributed by atoms with Crippen molar-refractivity contribution in [2.75, 3.05) is 25.0 Å². The highest BCUT2D eigenvalue weighted by molar-refractivity contribution is 7.16. The average Bonchev–Trinajstić information content (AvgIpc) is 2.96. The summed E-state index contributed by atoms with van der Waals surface area (Å²) in [5, 5.41) is 6.33. The quantitative estimate of drug-likeness (QED) is 0.848. The first-order chi connectivity index (χ1) is 12.0. The summed E-state index contributed by atoms with van der Waals surface area (Å²) in [6.07, 6.45) is -0.535. The topological polar surface area (TPSA) is 72.5 Å². The number of amides is 1. The van der Waals surface area contributed by atoms with Crippen molar-refractivity contribution < 1.29 is 23.0 Å². The molecule has 1 amide bonds. The van der Waals surface area contributed by atoms with E-state index in [1.807, 2.05) is 6.92 Å². The van der Waals surface area contributed by atoms with Gasteiger partial charge in [-0.1, -0.05) is 0 Å². The average molecular weight is 369 g/mol. The number of rotatable bonds is 5. The molecule has 1 atom stereocenters. The Morgan fingerprint density at radius 2 is 2.20 bits per heavy atom. The summed E-state index contributed by atoms with van der Waals surface area (Å²) in [6.45, 7) is 0.715. The lowest BCUT2D eigenvalue weighted by Gasteiger charge is -2.22. The maximum atomic E-state index is 12.2. The van der Waals surface area contributed by atoms with E-state index in [-0.39, 0.29) is 11.7 Å². The first-order valence-corrected chi connectivity index (χ1v) is 8.50. The minimum atomic E-state index is -2.86. The highest BCUT2D eigenvalue weighted by Gasteiger charge is 2.23. The molecule has 0 spiro atoms. The lowest BCUT2D eigenvalue weighted by molar-refractivity contribution is -0.128. The fraction of sp³-hybridized carbons (Fsp3) is 0.375. The molecule has 1 fully saturated rings. The molecule has 1 aromatic carbocycles. The molecule has 9 heteroatoms. The molecule has 1 aromatic heterocycles. The number of nitrogens with one attached hydrogen (secondary N) is 2. The third-order valence-corrected chi connectivity index (χ3v) is 4.49. The Bertz CT molecular complexity index is 731. The first-order valence-electron chi connectivity index (χ1n) is 7.69. The van der Waals surface area contributed by atoms with Gasteiger partial charge < -0.3 is 14.8 Å². The maximum absolute atomic E-state index is 12.2. The summed E-state index contributed by atoms with van der Waals surface area (Å²) >= 11 is 1.35. The van der Waals surface area contributed by atoms with Gasteiger partial charge in [0.05, 0.1) is 12.3 Å². The van der Waals surface area contributed by atoms with Crippen molar-refractivity contribution >= 4 is 22.4 Å². The van der Waals surface area contributed by atoms with Crippen LogP contribution in [0.2, 0.25) is 0 Å². The van der Waals surface area contributed by atoms with Crippen molar-refractivity contribution in [3.05, 3.63) is 29.1 Å². The standard InChI is InChI=1S/C16H17F2N3O3S/c1-9-13(10-2-4-11(5-3-10)24-15(17)18)20-16(25-9)21-14(22)12-8-19-6-7-23-12/h2-5,12,15,19H,6-8H2,1H3,(H,20,21,22). The number of aryl methyl sites for hydroxylation is 1. The third kappa shape index (κ3) is 4.50. The smallest absolute Gasteiger partial charge is 0.387 e. The summed E-state index contributed by atoms with van der Waals surface area (Å²) in [4.78, 5) is 17.5. The molecule has 6 nitrogen and oxygen atoms in total. The van der Waals surface area contributed by atoms with Gasteiger partial charge in [-0.2, -0.15) is 8.78 Å². The zero-order valence-corrected chi connectivity index (χ0v) is 14.2. The lowest BCUT2D eigenvalue weighted by Crippen LogP contribution is -2.45. The minimum Gasteiger partial charge on any atom is -0.435 e. The fourth-order valence-corrected chi connectivity index (χ4v) is 3.27. The highest BCUT2D eigenvalue weighted by atomic mass is 32.1. The summed E-state index contributed by atoms with van der Waals surface area (Å²) < 4.78 is 34.1. The zero-order valence-electron chi connectivity index (χ0n) is 13.4. The van der Waals surface area contributed by atoms with Gasteiger partial charge in [-0.3, -0.25) is 10.1 Å². The number of hydrogen-bond donors (Lipinski definition) is 2. The van der Waals surface area contributed by atoms with Crippen LogP contribution in [0.3, 0.4) is 0 Å². The monoisotopic (exact) mass is 369 g/mol. The van der Waals surface area contributed by atoms with E-state index in [1.165, 1.54) is 23.5 Å². The number of alkyl halides is 2. The van der Waals surface area contributed by atoms with Gasteiger partial charge in [0, 0.05) is 23.5 Å². The Labute approximate surface area is 147 Å². The molecule has 3 rings (SSSR count). The molecule has 0 bridgehead atoms. The zero-order chi connectivity index (χ0) is 17.8. The van der Waals surface area contributed by atoms with E-state index in [2.05, 4.69) is 20.4 Å². The van der Waals surface area contributed by atoms with Crippen LogP contribution in [0.25, 0.3) is 11.3 Å². The van der Waals surface area contributed by atoms with E-state index in [0.717, 1.165) is 17.0 Å². The van der Waals surface area contributed by atoms with E-state index in [9.17, 15) is 13.6 Å². The molecule has 2 aromatic rings. The Morgan fingerprint density at radius 1 is 1.44 bits per heavy atom. The van der Waals surface area contributed by atoms with Crippen molar-refractivity contribution in [3.63, 3.8) is 0 Å². The van der Waals surface area contributed by atoms with Gasteiger partial charge >= 0.3 is 6.61 Å². The van der Waals surface area contributed by atoms with E-state index < -0.39 is 12.7 Å². The number of benzene rings is 1. The summed E-state index contributed by atoms with van der Waals surface area (Å²) in [5.74, 6) is -0.157. The Hall–Kier alpha value is -2.10. The molecule has 1 unspecified atom stereocenters. The van der Waals surface area contributed by atoms with Crippen molar-refractivity contribution in [1.82, 2.24) is 10.3 Å². The number of hydrogen-bond acceptors (Lipinski definition) is 6. The van der Waals surface area contributed by atoms with Crippen LogP contribution in [0.15, 0.2) is 24.3 Å². The lowest BCUT2D eigenvalue weighted by atomic mass is 10.1. The second-order valence-electron chi connectivity index (χ2n) is 5.38. The predicted octanol–water partition coefficient (Wildman–Crippen LogP) is 2.65. The van der Waals surface area contributed by atoms with Crippen LogP contribution in [-0.4, -0.2) is 43.3 Å². The van der Waals surface area contributed by atoms with Gasteiger partial charge in [0.15, 0.2) is 5.13 Å². The third-order valence-electron chi connectivity index (χ3n) is 3.60. The summed E-state index contributed by atoms with van der Waals surface area (Å²) in [5.41, 5.74) is 1.44. The van der Waals surface area contributed by atoms with Crippen LogP contribution >= 0.6 is 11.3 Å². The maximum Gasteiger partial charge on any atom is 0.387 e. The first kappa shape index (κ1) is 17.7. The largest absolute Gasteiger partial charge is 0.435 e. The Balaban J connectivity index is 1.70. The molecule has 1 saturated heterocycles. The van der Waals surface area contributed by atoms with Crippen molar-refractivity contribution in [3.8, 4) is 17.0 Å². The number of morpholine rings is 1. The molecule has 1 aliphatic heterocycles. The molecular weight excluding hydrogens is 352 g/mol. The molecule has 1 aliphatic rings. The highest BCUT2D eigenvalue weighted by Crippen LogP contribution is 2.31. The summed E-state index contributed by atoms with van der Waals surface area (Å²) in [6, 6.07) is 6.22. The van der Waals surface area contributed by atoms with Gasteiger partial charge in [0.1, 0.15) is 11.9 Å². The van der Waals surface area contributed by atoms with E-state index in [0.29, 0.717) is 24.0 Å². The number of carbonyl (C=O) groups excluding carboxylic acids is 1. The second-order valence-corrected chi connectivity index (χ2v) is 6.58. The van der Waals surface area contributed by atoms with E-state index in [1.54, 1.807) is 12.1 Å². The molecule has 2 N–H and O–H groups in total. The van der Waals surface area contributed by atoms with Crippen LogP contribution in [0.1, 0.15) is 4.88 Å². The molecule has 2 heterocycles. The molecule has 25 heavy (non-hydrogen) atoms. The van der Waals surface area contributed by atoms with Gasteiger partial charge in [-0.05, 0) is 31.2 Å². The Morgan fingerprint density at radius 3 is 2.84 bits per heavy atom. The second kappa shape index (κ2) is 7.85. The number of aromatic nitrogens is 1. The molecule has 0 aliphatic carbocycles. The number of anilines is 1. The predicted molar refractivity (Wildman–Crippen MR) is 90.2 cm³/mol. The van der Waals surface area contributed by atoms with Crippen LogP contribution < -0.4 is 15.4 Å². The molecular formula is C16H17F2N3O3S. The molecule has 0 saturated carbocycles. The number of carbonyl (C=O) groups is 1. The number of halogens is 2. The summed E-state index contributed by atoms with van der Waals surface area (Å²) in [7, 11) is 0. The minimum absolute atomic E-state index is 0.0853.